The number of carbonyl (C=O) groups is 1. The fourth-order valence-electron chi connectivity index (χ4n) is 3.00. The Bertz CT molecular complexity index is 628. The summed E-state index contributed by atoms with van der Waals surface area (Å²) < 4.78 is 1.76. The second-order valence-corrected chi connectivity index (χ2v) is 5.68. The zero-order valence-electron chi connectivity index (χ0n) is 12.4. The number of nitrogens with zero attached hydrogens (tertiary/aromatic N) is 2. The molecule has 0 radical (unpaired) electrons. The highest BCUT2D eigenvalue weighted by Gasteiger charge is 2.16. The topological polar surface area (TPSA) is 59.0 Å². The number of hydrogen-bond acceptors (Lipinski definition) is 3. The summed E-state index contributed by atoms with van der Waals surface area (Å²) in [5.41, 5.74) is 1.50. The van der Waals surface area contributed by atoms with Crippen LogP contribution in [-0.2, 0) is 7.05 Å². The molecule has 5 heteroatoms. The Morgan fingerprint density at radius 2 is 2.29 bits per heavy atom. The summed E-state index contributed by atoms with van der Waals surface area (Å²) >= 11 is 0. The molecule has 1 aliphatic rings. The number of para-hydroxylation sites is 1. The second-order valence-electron chi connectivity index (χ2n) is 5.68. The summed E-state index contributed by atoms with van der Waals surface area (Å²) in [4.78, 5) is 12.3. The molecule has 0 saturated carbocycles. The molecule has 2 N–H and O–H groups in total. The average Bonchev–Trinajstić information content (AvgIpc) is 2.86. The first-order valence-corrected chi connectivity index (χ1v) is 7.69. The van der Waals surface area contributed by atoms with E-state index < -0.39 is 0 Å². The van der Waals surface area contributed by atoms with Crippen molar-refractivity contribution >= 4 is 16.8 Å². The van der Waals surface area contributed by atoms with Crippen molar-refractivity contribution in [2.75, 3.05) is 13.1 Å². The van der Waals surface area contributed by atoms with Crippen molar-refractivity contribution < 1.29 is 4.79 Å². The number of amides is 1. The first-order chi connectivity index (χ1) is 10.3. The van der Waals surface area contributed by atoms with E-state index in [-0.39, 0.29) is 5.91 Å². The molecule has 1 amide bonds. The lowest BCUT2D eigenvalue weighted by Crippen LogP contribution is -2.37. The molecule has 2 heterocycles. The van der Waals surface area contributed by atoms with Gasteiger partial charge in [0.15, 0.2) is 5.69 Å². The zero-order valence-corrected chi connectivity index (χ0v) is 12.4. The van der Waals surface area contributed by atoms with Gasteiger partial charge in [0.05, 0.1) is 5.52 Å². The maximum Gasteiger partial charge on any atom is 0.272 e. The van der Waals surface area contributed by atoms with Crippen molar-refractivity contribution in [3.8, 4) is 0 Å². The van der Waals surface area contributed by atoms with Crippen LogP contribution in [0.3, 0.4) is 0 Å². The van der Waals surface area contributed by atoms with E-state index in [1.807, 2.05) is 31.3 Å². The van der Waals surface area contributed by atoms with Gasteiger partial charge in [-0.05, 0) is 31.9 Å². The predicted molar refractivity (Wildman–Crippen MR) is 83.3 cm³/mol. The van der Waals surface area contributed by atoms with E-state index in [0.29, 0.717) is 18.3 Å². The molecule has 5 nitrogen and oxygen atoms in total. The Kier molecular flexibility index (Phi) is 4.20. The molecule has 1 saturated heterocycles. The van der Waals surface area contributed by atoms with Crippen LogP contribution in [0.15, 0.2) is 24.3 Å². The minimum atomic E-state index is -0.0809. The molecule has 1 aliphatic heterocycles. The van der Waals surface area contributed by atoms with Crippen LogP contribution in [-0.4, -0.2) is 34.8 Å². The van der Waals surface area contributed by atoms with E-state index >= 15 is 0 Å². The van der Waals surface area contributed by atoms with Gasteiger partial charge < -0.3 is 10.6 Å². The smallest absolute Gasteiger partial charge is 0.272 e. The largest absolute Gasteiger partial charge is 0.351 e. The number of benzene rings is 1. The Balaban J connectivity index is 1.61. The summed E-state index contributed by atoms with van der Waals surface area (Å²) in [6.45, 7) is 1.80. The molecule has 0 bridgehead atoms. The van der Waals surface area contributed by atoms with Crippen molar-refractivity contribution in [2.45, 2.75) is 31.7 Å². The van der Waals surface area contributed by atoms with Crippen LogP contribution in [0.5, 0.6) is 0 Å². The van der Waals surface area contributed by atoms with Crippen LogP contribution >= 0.6 is 0 Å². The van der Waals surface area contributed by atoms with Crippen molar-refractivity contribution in [3.63, 3.8) is 0 Å². The van der Waals surface area contributed by atoms with Crippen LogP contribution < -0.4 is 10.6 Å². The molecule has 21 heavy (non-hydrogen) atoms. The minimum Gasteiger partial charge on any atom is -0.351 e. The number of piperidine rings is 1. The Morgan fingerprint density at radius 1 is 1.43 bits per heavy atom. The standard InChI is InChI=1S/C16H22N4O/c1-20-14-8-3-2-7-13(14)15(19-20)16(21)18-11-9-12-6-4-5-10-17-12/h2-3,7-8,12,17H,4-6,9-11H2,1H3,(H,18,21). The van der Waals surface area contributed by atoms with Crippen molar-refractivity contribution in [3.05, 3.63) is 30.0 Å². The molecule has 0 spiro atoms. The minimum absolute atomic E-state index is 0.0809. The highest BCUT2D eigenvalue weighted by atomic mass is 16.1. The van der Waals surface area contributed by atoms with E-state index in [2.05, 4.69) is 15.7 Å². The molecule has 1 aromatic heterocycles. The molecule has 3 rings (SSSR count). The van der Waals surface area contributed by atoms with Crippen molar-refractivity contribution in [1.82, 2.24) is 20.4 Å². The third-order valence-corrected chi connectivity index (χ3v) is 4.16. The first kappa shape index (κ1) is 14.1. The van der Waals surface area contributed by atoms with Gasteiger partial charge in [0, 0.05) is 25.0 Å². The summed E-state index contributed by atoms with van der Waals surface area (Å²) in [5, 5.41) is 11.7. The molecule has 1 atom stereocenters. The molecule has 1 unspecified atom stereocenters. The summed E-state index contributed by atoms with van der Waals surface area (Å²) in [7, 11) is 1.87. The Morgan fingerprint density at radius 3 is 3.10 bits per heavy atom. The van der Waals surface area contributed by atoms with Crippen molar-refractivity contribution in [1.29, 1.82) is 0 Å². The second kappa shape index (κ2) is 6.26. The van der Waals surface area contributed by atoms with E-state index in [1.54, 1.807) is 4.68 Å². The molecule has 1 fully saturated rings. The van der Waals surface area contributed by atoms with Crippen LogP contribution in [0.25, 0.3) is 10.9 Å². The number of aromatic nitrogens is 2. The van der Waals surface area contributed by atoms with Gasteiger partial charge in [-0.15, -0.1) is 0 Å². The van der Waals surface area contributed by atoms with E-state index in [0.717, 1.165) is 23.9 Å². The lowest BCUT2D eigenvalue weighted by Gasteiger charge is -2.23. The molecular weight excluding hydrogens is 264 g/mol. The fourth-order valence-corrected chi connectivity index (χ4v) is 3.00. The summed E-state index contributed by atoms with van der Waals surface area (Å²) in [6, 6.07) is 8.36. The molecule has 0 aliphatic carbocycles. The van der Waals surface area contributed by atoms with E-state index in [1.165, 1.54) is 19.3 Å². The Labute approximate surface area is 124 Å². The van der Waals surface area contributed by atoms with E-state index in [9.17, 15) is 4.79 Å². The molecule has 2 aromatic rings. The summed E-state index contributed by atoms with van der Waals surface area (Å²) in [5.74, 6) is -0.0809. The fraction of sp³-hybridized carbons (Fsp3) is 0.500. The maximum atomic E-state index is 12.3. The number of carbonyl (C=O) groups excluding carboxylic acids is 1. The zero-order chi connectivity index (χ0) is 14.7. The van der Waals surface area contributed by atoms with Gasteiger partial charge in [-0.3, -0.25) is 9.48 Å². The summed E-state index contributed by atoms with van der Waals surface area (Å²) in [6.07, 6.45) is 4.75. The van der Waals surface area contributed by atoms with Gasteiger partial charge in [-0.2, -0.15) is 5.10 Å². The first-order valence-electron chi connectivity index (χ1n) is 7.69. The predicted octanol–water partition coefficient (Wildman–Crippen LogP) is 1.84. The number of fused-ring (bicyclic) bond motifs is 1. The number of nitrogens with one attached hydrogen (secondary N) is 2. The van der Waals surface area contributed by atoms with Gasteiger partial charge in [0.2, 0.25) is 0 Å². The normalized spacial score (nSPS) is 18.8. The maximum absolute atomic E-state index is 12.3. The number of rotatable bonds is 4. The third-order valence-electron chi connectivity index (χ3n) is 4.16. The SMILES string of the molecule is Cn1nc(C(=O)NCCC2CCCCN2)c2ccccc21. The van der Waals surface area contributed by atoms with Crippen LogP contribution in [0, 0.1) is 0 Å². The van der Waals surface area contributed by atoms with Crippen LogP contribution in [0.1, 0.15) is 36.2 Å². The highest BCUT2D eigenvalue weighted by Crippen LogP contribution is 2.17. The average molecular weight is 286 g/mol. The molecule has 112 valence electrons. The lowest BCUT2D eigenvalue weighted by molar-refractivity contribution is 0.0947. The van der Waals surface area contributed by atoms with Gasteiger partial charge >= 0.3 is 0 Å². The van der Waals surface area contributed by atoms with Gasteiger partial charge in [-0.1, -0.05) is 24.6 Å². The lowest BCUT2D eigenvalue weighted by atomic mass is 10.0. The molecular formula is C16H22N4O. The number of aryl methyl sites for hydroxylation is 1. The molecule has 1 aromatic carbocycles. The van der Waals surface area contributed by atoms with Gasteiger partial charge in [0.1, 0.15) is 0 Å². The van der Waals surface area contributed by atoms with Crippen LogP contribution in [0.2, 0.25) is 0 Å². The highest BCUT2D eigenvalue weighted by molar-refractivity contribution is 6.04. The van der Waals surface area contributed by atoms with Crippen LogP contribution in [0.4, 0.5) is 0 Å². The van der Waals surface area contributed by atoms with E-state index in [4.69, 9.17) is 0 Å². The Hall–Kier alpha value is -1.88. The third kappa shape index (κ3) is 3.08. The quantitative estimate of drug-likeness (QED) is 0.901. The van der Waals surface area contributed by atoms with Gasteiger partial charge in [0.25, 0.3) is 5.91 Å². The monoisotopic (exact) mass is 286 g/mol. The number of hydrogen-bond donors (Lipinski definition) is 2. The van der Waals surface area contributed by atoms with Crippen molar-refractivity contribution in [2.24, 2.45) is 7.05 Å². The van der Waals surface area contributed by atoms with Gasteiger partial charge in [-0.25, -0.2) is 0 Å².